The van der Waals surface area contributed by atoms with E-state index in [1.54, 1.807) is 0 Å². The molecule has 1 unspecified atom stereocenters. The molecule has 0 aromatic carbocycles. The largest absolute Gasteiger partial charge is 0.328 e. The van der Waals surface area contributed by atoms with Gasteiger partial charge in [0.15, 0.2) is 0 Å². The van der Waals surface area contributed by atoms with Gasteiger partial charge in [-0.1, -0.05) is 0 Å². The molecule has 0 bridgehead atoms. The summed E-state index contributed by atoms with van der Waals surface area (Å²) < 4.78 is 0. The van der Waals surface area contributed by atoms with Crippen LogP contribution in [0.5, 0.6) is 0 Å². The van der Waals surface area contributed by atoms with Gasteiger partial charge in [0.2, 0.25) is 0 Å². The third-order valence-electron chi connectivity index (χ3n) is 3.33. The molecule has 2 aliphatic rings. The van der Waals surface area contributed by atoms with Crippen LogP contribution in [-0.4, -0.2) is 30.6 Å². The van der Waals surface area contributed by atoms with Crippen LogP contribution < -0.4 is 5.73 Å². The van der Waals surface area contributed by atoms with Crippen molar-refractivity contribution in [1.29, 1.82) is 0 Å². The van der Waals surface area contributed by atoms with E-state index in [-0.39, 0.29) is 0 Å². The van der Waals surface area contributed by atoms with Gasteiger partial charge in [-0.2, -0.15) is 0 Å². The fraction of sp³-hybridized carbons (Fsp3) is 1.00. The molecule has 0 aliphatic heterocycles. The van der Waals surface area contributed by atoms with E-state index in [2.05, 4.69) is 11.8 Å². The maximum atomic E-state index is 5.81. The van der Waals surface area contributed by atoms with Crippen LogP contribution in [0.4, 0.5) is 0 Å². The lowest BCUT2D eigenvalue weighted by atomic mass is 10.2. The van der Waals surface area contributed by atoms with Crippen LogP contribution >= 0.6 is 0 Å². The second-order valence-electron chi connectivity index (χ2n) is 5.41. The molecule has 0 spiro atoms. The number of hydrogen-bond acceptors (Lipinski definition) is 2. The van der Waals surface area contributed by atoms with E-state index < -0.39 is 0 Å². The smallest absolute Gasteiger partial charge is 0.00226 e. The Bertz CT molecular complexity index is 157. The maximum absolute atomic E-state index is 5.81. The summed E-state index contributed by atoms with van der Waals surface area (Å²) in [6.45, 7) is 6.05. The summed E-state index contributed by atoms with van der Waals surface area (Å²) in [7, 11) is 0. The van der Waals surface area contributed by atoms with Crippen LogP contribution in [0.2, 0.25) is 0 Å². The van der Waals surface area contributed by atoms with E-state index in [1.807, 2.05) is 0 Å². The van der Waals surface area contributed by atoms with Crippen LogP contribution in [0, 0.1) is 11.8 Å². The summed E-state index contributed by atoms with van der Waals surface area (Å²) in [5.41, 5.74) is 5.81. The molecule has 2 aliphatic carbocycles. The maximum Gasteiger partial charge on any atom is 0.00226 e. The molecule has 2 saturated carbocycles. The summed E-state index contributed by atoms with van der Waals surface area (Å²) in [5, 5.41) is 0. The Kier molecular flexibility index (Phi) is 3.45. The van der Waals surface area contributed by atoms with Gasteiger partial charge in [0.25, 0.3) is 0 Å². The molecule has 0 saturated heterocycles. The quantitative estimate of drug-likeness (QED) is 0.673. The Hall–Kier alpha value is -0.0800. The number of hydrogen-bond donors (Lipinski definition) is 1. The SMILES string of the molecule is CC(N)CCN(CC1CC1)CC1CC1. The van der Waals surface area contributed by atoms with Gasteiger partial charge >= 0.3 is 0 Å². The monoisotopic (exact) mass is 196 g/mol. The molecule has 2 heteroatoms. The molecule has 2 N–H and O–H groups in total. The standard InChI is InChI=1S/C12H24N2/c1-10(13)6-7-14(8-11-2-3-11)9-12-4-5-12/h10-12H,2-9,13H2,1H3. The first-order chi connectivity index (χ1) is 6.74. The van der Waals surface area contributed by atoms with Crippen molar-refractivity contribution in [2.75, 3.05) is 19.6 Å². The van der Waals surface area contributed by atoms with Crippen molar-refractivity contribution < 1.29 is 0 Å². The molecule has 0 aromatic heterocycles. The lowest BCUT2D eigenvalue weighted by Gasteiger charge is -2.22. The average Bonchev–Trinajstić information content (AvgIpc) is 2.93. The van der Waals surface area contributed by atoms with Crippen molar-refractivity contribution >= 4 is 0 Å². The van der Waals surface area contributed by atoms with E-state index >= 15 is 0 Å². The van der Waals surface area contributed by atoms with Crippen molar-refractivity contribution in [1.82, 2.24) is 4.90 Å². The van der Waals surface area contributed by atoms with Crippen molar-refractivity contribution in [3.63, 3.8) is 0 Å². The second kappa shape index (κ2) is 4.63. The number of nitrogens with zero attached hydrogens (tertiary/aromatic N) is 1. The van der Waals surface area contributed by atoms with E-state index in [0.29, 0.717) is 6.04 Å². The van der Waals surface area contributed by atoms with Crippen LogP contribution in [0.1, 0.15) is 39.0 Å². The lowest BCUT2D eigenvalue weighted by molar-refractivity contribution is 0.244. The van der Waals surface area contributed by atoms with E-state index in [9.17, 15) is 0 Å². The molecular formula is C12H24N2. The van der Waals surface area contributed by atoms with Gasteiger partial charge in [0, 0.05) is 19.1 Å². The topological polar surface area (TPSA) is 29.3 Å². The van der Waals surface area contributed by atoms with Crippen molar-refractivity contribution in [2.45, 2.75) is 45.1 Å². The third kappa shape index (κ3) is 3.97. The van der Waals surface area contributed by atoms with Crippen molar-refractivity contribution in [3.05, 3.63) is 0 Å². The van der Waals surface area contributed by atoms with Crippen molar-refractivity contribution in [3.8, 4) is 0 Å². The molecule has 0 heterocycles. The second-order valence-corrected chi connectivity index (χ2v) is 5.41. The normalized spacial score (nSPS) is 24.2. The highest BCUT2D eigenvalue weighted by atomic mass is 15.1. The summed E-state index contributed by atoms with van der Waals surface area (Å²) in [6, 6.07) is 0.371. The van der Waals surface area contributed by atoms with Gasteiger partial charge in [-0.25, -0.2) is 0 Å². The van der Waals surface area contributed by atoms with Crippen LogP contribution in [-0.2, 0) is 0 Å². The molecule has 0 amide bonds. The van der Waals surface area contributed by atoms with E-state index in [1.165, 1.54) is 51.7 Å². The highest BCUT2D eigenvalue weighted by Crippen LogP contribution is 2.33. The molecule has 2 nitrogen and oxygen atoms in total. The molecule has 2 fully saturated rings. The van der Waals surface area contributed by atoms with Crippen LogP contribution in [0.25, 0.3) is 0 Å². The molecule has 2 rings (SSSR count). The Balaban J connectivity index is 1.66. The highest BCUT2D eigenvalue weighted by Gasteiger charge is 2.28. The predicted molar refractivity (Wildman–Crippen MR) is 60.2 cm³/mol. The zero-order chi connectivity index (χ0) is 9.97. The van der Waals surface area contributed by atoms with Gasteiger partial charge < -0.3 is 10.6 Å². The van der Waals surface area contributed by atoms with Gasteiger partial charge in [0.05, 0.1) is 0 Å². The first kappa shape index (κ1) is 10.4. The minimum absolute atomic E-state index is 0.371. The molecule has 0 radical (unpaired) electrons. The Morgan fingerprint density at radius 3 is 2.00 bits per heavy atom. The Labute approximate surface area is 87.8 Å². The molecule has 82 valence electrons. The minimum atomic E-state index is 0.371. The molecule has 0 aromatic rings. The summed E-state index contributed by atoms with van der Waals surface area (Å²) in [6.07, 6.45) is 7.05. The summed E-state index contributed by atoms with van der Waals surface area (Å²) >= 11 is 0. The van der Waals surface area contributed by atoms with Crippen LogP contribution in [0.3, 0.4) is 0 Å². The van der Waals surface area contributed by atoms with E-state index in [4.69, 9.17) is 5.73 Å². The first-order valence-electron chi connectivity index (χ1n) is 6.22. The van der Waals surface area contributed by atoms with Gasteiger partial charge in [-0.15, -0.1) is 0 Å². The summed E-state index contributed by atoms with van der Waals surface area (Å²) in [5.74, 6) is 2.06. The first-order valence-corrected chi connectivity index (χ1v) is 6.22. The average molecular weight is 196 g/mol. The Morgan fingerprint density at radius 2 is 1.64 bits per heavy atom. The fourth-order valence-corrected chi connectivity index (χ4v) is 1.97. The van der Waals surface area contributed by atoms with Crippen molar-refractivity contribution in [2.24, 2.45) is 17.6 Å². The third-order valence-corrected chi connectivity index (χ3v) is 3.33. The van der Waals surface area contributed by atoms with Gasteiger partial charge in [-0.05, 0) is 57.4 Å². The zero-order valence-corrected chi connectivity index (χ0v) is 9.41. The number of rotatable bonds is 7. The van der Waals surface area contributed by atoms with Gasteiger partial charge in [0.1, 0.15) is 0 Å². The zero-order valence-electron chi connectivity index (χ0n) is 9.41. The summed E-state index contributed by atoms with van der Waals surface area (Å²) in [4.78, 5) is 2.67. The lowest BCUT2D eigenvalue weighted by Crippen LogP contribution is -2.32. The van der Waals surface area contributed by atoms with Gasteiger partial charge in [-0.3, -0.25) is 0 Å². The highest BCUT2D eigenvalue weighted by molar-refractivity contribution is 4.82. The molecule has 1 atom stereocenters. The van der Waals surface area contributed by atoms with E-state index in [0.717, 1.165) is 11.8 Å². The predicted octanol–water partition coefficient (Wildman–Crippen LogP) is 1.85. The number of nitrogens with two attached hydrogens (primary N) is 1. The molecular weight excluding hydrogens is 172 g/mol. The van der Waals surface area contributed by atoms with Crippen LogP contribution in [0.15, 0.2) is 0 Å². The molecule has 14 heavy (non-hydrogen) atoms. The minimum Gasteiger partial charge on any atom is -0.328 e. The Morgan fingerprint density at radius 1 is 1.14 bits per heavy atom. The fourth-order valence-electron chi connectivity index (χ4n) is 1.97.